The molecule has 2 rings (SSSR count). The quantitative estimate of drug-likeness (QED) is 0.816. The summed E-state index contributed by atoms with van der Waals surface area (Å²) in [5.74, 6) is 2.10. The molecule has 0 radical (unpaired) electrons. The molecular formula is C17H30N4. The number of rotatable bonds is 6. The van der Waals surface area contributed by atoms with Gasteiger partial charge in [-0.05, 0) is 31.7 Å². The second-order valence-electron chi connectivity index (χ2n) is 6.59. The van der Waals surface area contributed by atoms with Gasteiger partial charge in [0.2, 0.25) is 0 Å². The number of hydrogen-bond donors (Lipinski definition) is 1. The molecule has 4 nitrogen and oxygen atoms in total. The van der Waals surface area contributed by atoms with Crippen molar-refractivity contribution in [3.8, 4) is 0 Å². The topological polar surface area (TPSA) is 41.1 Å². The molecule has 0 amide bonds. The first-order chi connectivity index (χ1) is 10.1. The van der Waals surface area contributed by atoms with Gasteiger partial charge >= 0.3 is 0 Å². The molecule has 1 atom stereocenters. The number of aromatic nitrogens is 2. The van der Waals surface area contributed by atoms with Gasteiger partial charge in [-0.1, -0.05) is 27.7 Å². The first kappa shape index (κ1) is 16.2. The van der Waals surface area contributed by atoms with Crippen LogP contribution in [0.1, 0.15) is 64.4 Å². The van der Waals surface area contributed by atoms with E-state index in [4.69, 9.17) is 4.98 Å². The van der Waals surface area contributed by atoms with E-state index in [1.54, 1.807) is 0 Å². The van der Waals surface area contributed by atoms with Crippen LogP contribution in [0.5, 0.6) is 0 Å². The second kappa shape index (κ2) is 7.74. The molecule has 21 heavy (non-hydrogen) atoms. The fourth-order valence-corrected chi connectivity index (χ4v) is 2.89. The summed E-state index contributed by atoms with van der Waals surface area (Å²) in [7, 11) is 0. The molecule has 0 spiro atoms. The standard InChI is InChI=1S/C17H30N4/c1-5-8-18-10-15-16(11-19-17(20-15)13(2)3)21-9-6-7-14(4)12-21/h11,13-14,18H,5-10,12H2,1-4H3. The SMILES string of the molecule is CCCNCc1nc(C(C)C)ncc1N1CCCC(C)C1. The summed E-state index contributed by atoms with van der Waals surface area (Å²) in [4.78, 5) is 11.9. The minimum Gasteiger partial charge on any atom is -0.369 e. The monoisotopic (exact) mass is 290 g/mol. The van der Waals surface area contributed by atoms with Gasteiger partial charge < -0.3 is 10.2 Å². The minimum absolute atomic E-state index is 0.379. The first-order valence-corrected chi connectivity index (χ1v) is 8.43. The predicted molar refractivity (Wildman–Crippen MR) is 88.7 cm³/mol. The Balaban J connectivity index is 2.20. The Bertz CT molecular complexity index is 444. The third kappa shape index (κ3) is 4.40. The van der Waals surface area contributed by atoms with Gasteiger partial charge in [-0.3, -0.25) is 0 Å². The minimum atomic E-state index is 0.379. The van der Waals surface area contributed by atoms with Crippen LogP contribution in [0.15, 0.2) is 6.20 Å². The fraction of sp³-hybridized carbons (Fsp3) is 0.765. The van der Waals surface area contributed by atoms with E-state index in [0.29, 0.717) is 5.92 Å². The molecule has 1 aromatic heterocycles. The van der Waals surface area contributed by atoms with Crippen molar-refractivity contribution >= 4 is 5.69 Å². The van der Waals surface area contributed by atoms with E-state index in [-0.39, 0.29) is 0 Å². The molecule has 1 aliphatic rings. The number of piperidine rings is 1. The molecule has 0 aromatic carbocycles. The Morgan fingerprint density at radius 2 is 2.24 bits per heavy atom. The molecular weight excluding hydrogens is 260 g/mol. The third-order valence-electron chi connectivity index (χ3n) is 4.10. The molecule has 118 valence electrons. The van der Waals surface area contributed by atoms with Crippen LogP contribution in [0, 0.1) is 5.92 Å². The lowest BCUT2D eigenvalue weighted by Gasteiger charge is -2.33. The molecule has 1 unspecified atom stereocenters. The van der Waals surface area contributed by atoms with Crippen LogP contribution in [-0.2, 0) is 6.54 Å². The van der Waals surface area contributed by atoms with Crippen LogP contribution >= 0.6 is 0 Å². The van der Waals surface area contributed by atoms with E-state index >= 15 is 0 Å². The van der Waals surface area contributed by atoms with Gasteiger partial charge in [-0.15, -0.1) is 0 Å². The zero-order valence-corrected chi connectivity index (χ0v) is 14.0. The first-order valence-electron chi connectivity index (χ1n) is 8.43. The maximum atomic E-state index is 4.83. The van der Waals surface area contributed by atoms with Crippen LogP contribution in [0.4, 0.5) is 5.69 Å². The average Bonchev–Trinajstić information content (AvgIpc) is 2.47. The summed E-state index contributed by atoms with van der Waals surface area (Å²) in [6.45, 7) is 13.0. The number of anilines is 1. The van der Waals surface area contributed by atoms with E-state index in [1.165, 1.54) is 18.5 Å². The predicted octanol–water partition coefficient (Wildman–Crippen LogP) is 3.34. The molecule has 1 fully saturated rings. The van der Waals surface area contributed by atoms with Crippen molar-refractivity contribution in [2.75, 3.05) is 24.5 Å². The van der Waals surface area contributed by atoms with Crippen LogP contribution < -0.4 is 10.2 Å². The smallest absolute Gasteiger partial charge is 0.131 e. The third-order valence-corrected chi connectivity index (χ3v) is 4.10. The van der Waals surface area contributed by atoms with E-state index in [9.17, 15) is 0 Å². The lowest BCUT2D eigenvalue weighted by molar-refractivity contribution is 0.444. The zero-order chi connectivity index (χ0) is 15.2. The summed E-state index contributed by atoms with van der Waals surface area (Å²) in [5.41, 5.74) is 2.39. The van der Waals surface area contributed by atoms with Gasteiger partial charge in [0.05, 0.1) is 17.6 Å². The van der Waals surface area contributed by atoms with Crippen molar-refractivity contribution in [3.05, 3.63) is 17.7 Å². The van der Waals surface area contributed by atoms with Gasteiger partial charge in [0, 0.05) is 25.6 Å². The van der Waals surface area contributed by atoms with E-state index in [1.807, 2.05) is 6.20 Å². The average molecular weight is 290 g/mol. The lowest BCUT2D eigenvalue weighted by Crippen LogP contribution is -2.35. The molecule has 2 heterocycles. The van der Waals surface area contributed by atoms with E-state index in [0.717, 1.165) is 50.0 Å². The van der Waals surface area contributed by atoms with Crippen LogP contribution in [0.2, 0.25) is 0 Å². The van der Waals surface area contributed by atoms with Crippen LogP contribution in [0.25, 0.3) is 0 Å². The molecule has 1 saturated heterocycles. The fourth-order valence-electron chi connectivity index (χ4n) is 2.89. The highest BCUT2D eigenvalue weighted by molar-refractivity contribution is 5.49. The van der Waals surface area contributed by atoms with Gasteiger partial charge in [-0.25, -0.2) is 9.97 Å². The lowest BCUT2D eigenvalue weighted by atomic mass is 9.99. The van der Waals surface area contributed by atoms with Crippen molar-refractivity contribution in [2.45, 2.75) is 59.4 Å². The molecule has 4 heteroatoms. The van der Waals surface area contributed by atoms with Crippen LogP contribution in [-0.4, -0.2) is 29.6 Å². The number of hydrogen-bond acceptors (Lipinski definition) is 4. The highest BCUT2D eigenvalue weighted by Gasteiger charge is 2.20. The highest BCUT2D eigenvalue weighted by atomic mass is 15.2. The Hall–Kier alpha value is -1.16. The van der Waals surface area contributed by atoms with Gasteiger partial charge in [-0.2, -0.15) is 0 Å². The van der Waals surface area contributed by atoms with Crippen molar-refractivity contribution in [1.82, 2.24) is 15.3 Å². The van der Waals surface area contributed by atoms with Gasteiger partial charge in [0.15, 0.2) is 0 Å². The van der Waals surface area contributed by atoms with Crippen molar-refractivity contribution in [1.29, 1.82) is 0 Å². The summed E-state index contributed by atoms with van der Waals surface area (Å²) in [5, 5.41) is 3.49. The molecule has 0 aliphatic carbocycles. The number of nitrogens with one attached hydrogen (secondary N) is 1. The number of nitrogens with zero attached hydrogens (tertiary/aromatic N) is 3. The van der Waals surface area contributed by atoms with Crippen molar-refractivity contribution in [3.63, 3.8) is 0 Å². The Morgan fingerprint density at radius 1 is 1.43 bits per heavy atom. The zero-order valence-electron chi connectivity index (χ0n) is 14.0. The molecule has 0 saturated carbocycles. The normalized spacial score (nSPS) is 19.3. The van der Waals surface area contributed by atoms with Gasteiger partial charge in [0.1, 0.15) is 5.82 Å². The molecule has 0 bridgehead atoms. The highest BCUT2D eigenvalue weighted by Crippen LogP contribution is 2.26. The molecule has 1 aromatic rings. The van der Waals surface area contributed by atoms with Crippen molar-refractivity contribution < 1.29 is 0 Å². The molecule has 1 aliphatic heterocycles. The van der Waals surface area contributed by atoms with E-state index < -0.39 is 0 Å². The van der Waals surface area contributed by atoms with E-state index in [2.05, 4.69) is 42.9 Å². The summed E-state index contributed by atoms with van der Waals surface area (Å²) in [6, 6.07) is 0. The van der Waals surface area contributed by atoms with Crippen LogP contribution in [0.3, 0.4) is 0 Å². The summed E-state index contributed by atoms with van der Waals surface area (Å²) in [6.07, 6.45) is 5.81. The van der Waals surface area contributed by atoms with Gasteiger partial charge in [0.25, 0.3) is 0 Å². The summed E-state index contributed by atoms with van der Waals surface area (Å²) >= 11 is 0. The largest absolute Gasteiger partial charge is 0.369 e. The molecule has 1 N–H and O–H groups in total. The Morgan fingerprint density at radius 3 is 2.90 bits per heavy atom. The Kier molecular flexibility index (Phi) is 5.97. The maximum absolute atomic E-state index is 4.83. The van der Waals surface area contributed by atoms with Crippen molar-refractivity contribution in [2.24, 2.45) is 5.92 Å². The summed E-state index contributed by atoms with van der Waals surface area (Å²) < 4.78 is 0. The maximum Gasteiger partial charge on any atom is 0.131 e. The second-order valence-corrected chi connectivity index (χ2v) is 6.59. The Labute approximate surface area is 129 Å².